The van der Waals surface area contributed by atoms with Crippen molar-refractivity contribution in [1.29, 1.82) is 0 Å². The first-order valence-corrected chi connectivity index (χ1v) is 5.76. The normalized spacial score (nSPS) is 33.1. The summed E-state index contributed by atoms with van der Waals surface area (Å²) in [6.07, 6.45) is 4.74. The molecular formula is C11H20N2O. The molecule has 0 aromatic rings. The lowest BCUT2D eigenvalue weighted by Gasteiger charge is -2.20. The van der Waals surface area contributed by atoms with Crippen LogP contribution in [0.15, 0.2) is 0 Å². The second-order valence-electron chi connectivity index (χ2n) is 4.71. The van der Waals surface area contributed by atoms with E-state index in [2.05, 4.69) is 0 Å². The van der Waals surface area contributed by atoms with Crippen molar-refractivity contribution in [3.63, 3.8) is 0 Å². The summed E-state index contributed by atoms with van der Waals surface area (Å²) in [6, 6.07) is -0.270. The summed E-state index contributed by atoms with van der Waals surface area (Å²) in [5.41, 5.74) is 5.76. The molecule has 2 fully saturated rings. The van der Waals surface area contributed by atoms with Gasteiger partial charge in [-0.3, -0.25) is 4.79 Å². The molecule has 0 aromatic carbocycles. The fourth-order valence-corrected chi connectivity index (χ4v) is 2.82. The van der Waals surface area contributed by atoms with Crippen LogP contribution in [0.2, 0.25) is 0 Å². The van der Waals surface area contributed by atoms with E-state index >= 15 is 0 Å². The summed E-state index contributed by atoms with van der Waals surface area (Å²) in [6.45, 7) is 3.91. The van der Waals surface area contributed by atoms with E-state index in [-0.39, 0.29) is 11.9 Å². The van der Waals surface area contributed by atoms with E-state index in [4.69, 9.17) is 5.73 Å². The van der Waals surface area contributed by atoms with E-state index in [1.807, 2.05) is 11.8 Å². The molecule has 2 aliphatic rings. The van der Waals surface area contributed by atoms with Gasteiger partial charge >= 0.3 is 0 Å². The third kappa shape index (κ3) is 1.65. The molecule has 1 saturated heterocycles. The molecule has 2 rings (SSSR count). The lowest BCUT2D eigenvalue weighted by atomic mass is 10.0. The number of hydrogen-bond donors (Lipinski definition) is 1. The summed E-state index contributed by atoms with van der Waals surface area (Å²) in [7, 11) is 0. The highest BCUT2D eigenvalue weighted by atomic mass is 16.2. The van der Waals surface area contributed by atoms with Gasteiger partial charge in [0.15, 0.2) is 0 Å². The van der Waals surface area contributed by atoms with Gasteiger partial charge in [-0.15, -0.1) is 0 Å². The number of amides is 1. The monoisotopic (exact) mass is 196 g/mol. The molecule has 2 N–H and O–H groups in total. The summed E-state index contributed by atoms with van der Waals surface area (Å²) >= 11 is 0. The third-order valence-electron chi connectivity index (χ3n) is 3.79. The van der Waals surface area contributed by atoms with Crippen molar-refractivity contribution in [3.05, 3.63) is 0 Å². The quantitative estimate of drug-likeness (QED) is 0.715. The Balaban J connectivity index is 1.92. The predicted molar refractivity (Wildman–Crippen MR) is 55.7 cm³/mol. The number of likely N-dealkylation sites (tertiary alicyclic amines) is 1. The lowest BCUT2D eigenvalue weighted by molar-refractivity contribution is -0.131. The van der Waals surface area contributed by atoms with Gasteiger partial charge < -0.3 is 10.6 Å². The van der Waals surface area contributed by atoms with Gasteiger partial charge in [-0.25, -0.2) is 0 Å². The van der Waals surface area contributed by atoms with Crippen LogP contribution in [-0.2, 0) is 4.79 Å². The maximum atomic E-state index is 11.8. The largest absolute Gasteiger partial charge is 0.341 e. The second-order valence-corrected chi connectivity index (χ2v) is 4.71. The van der Waals surface area contributed by atoms with Gasteiger partial charge in [-0.2, -0.15) is 0 Å². The summed E-state index contributed by atoms with van der Waals surface area (Å²) in [5, 5.41) is 0. The van der Waals surface area contributed by atoms with Crippen molar-refractivity contribution in [2.45, 2.75) is 38.6 Å². The van der Waals surface area contributed by atoms with E-state index in [1.54, 1.807) is 0 Å². The first kappa shape index (κ1) is 9.97. The zero-order chi connectivity index (χ0) is 10.1. The van der Waals surface area contributed by atoms with Crippen LogP contribution in [0.25, 0.3) is 0 Å². The molecule has 1 saturated carbocycles. The molecule has 14 heavy (non-hydrogen) atoms. The van der Waals surface area contributed by atoms with Crippen LogP contribution in [0.1, 0.15) is 32.6 Å². The summed E-state index contributed by atoms with van der Waals surface area (Å²) in [5.74, 6) is 1.73. The smallest absolute Gasteiger partial charge is 0.239 e. The molecule has 1 aliphatic carbocycles. The fourth-order valence-electron chi connectivity index (χ4n) is 2.82. The molecule has 0 bridgehead atoms. The number of hydrogen-bond acceptors (Lipinski definition) is 2. The van der Waals surface area contributed by atoms with Crippen molar-refractivity contribution in [3.8, 4) is 0 Å². The second kappa shape index (κ2) is 3.89. The topological polar surface area (TPSA) is 46.3 Å². The average Bonchev–Trinajstić information content (AvgIpc) is 2.74. The van der Waals surface area contributed by atoms with E-state index in [1.165, 1.54) is 19.3 Å². The number of nitrogens with two attached hydrogens (primary N) is 1. The highest BCUT2D eigenvalue weighted by Crippen LogP contribution is 2.37. The average molecular weight is 196 g/mol. The molecule has 3 heteroatoms. The van der Waals surface area contributed by atoms with Gasteiger partial charge in [0.2, 0.25) is 5.91 Å². The zero-order valence-electron chi connectivity index (χ0n) is 8.91. The van der Waals surface area contributed by atoms with Crippen molar-refractivity contribution < 1.29 is 4.79 Å². The Bertz CT molecular complexity index is 217. The van der Waals surface area contributed by atoms with Crippen molar-refractivity contribution >= 4 is 5.91 Å². The number of nitrogens with zero attached hydrogens (tertiary/aromatic N) is 1. The third-order valence-corrected chi connectivity index (χ3v) is 3.79. The van der Waals surface area contributed by atoms with Crippen LogP contribution in [0.3, 0.4) is 0 Å². The Morgan fingerprint density at radius 1 is 1.43 bits per heavy atom. The van der Waals surface area contributed by atoms with Gasteiger partial charge in [0.1, 0.15) is 0 Å². The Morgan fingerprint density at radius 3 is 2.50 bits per heavy atom. The fraction of sp³-hybridized carbons (Fsp3) is 0.909. The van der Waals surface area contributed by atoms with Crippen LogP contribution in [0, 0.1) is 11.8 Å². The maximum absolute atomic E-state index is 11.8. The molecule has 80 valence electrons. The minimum atomic E-state index is -0.270. The first-order valence-electron chi connectivity index (χ1n) is 5.76. The first-order chi connectivity index (χ1) is 6.72. The Kier molecular flexibility index (Phi) is 2.77. The molecule has 0 aromatic heterocycles. The molecule has 0 spiro atoms. The number of fused-ring (bicyclic) bond motifs is 1. The molecule has 3 unspecified atom stereocenters. The van der Waals surface area contributed by atoms with E-state index in [0.29, 0.717) is 0 Å². The summed E-state index contributed by atoms with van der Waals surface area (Å²) < 4.78 is 0. The Hall–Kier alpha value is -0.570. The van der Waals surface area contributed by atoms with Crippen molar-refractivity contribution in [2.75, 3.05) is 13.1 Å². The predicted octanol–water partition coefficient (Wildman–Crippen LogP) is 0.982. The number of rotatable bonds is 2. The SMILES string of the molecule is CCC(N)C(=O)N1CC2CCCC2C1. The lowest BCUT2D eigenvalue weighted by Crippen LogP contribution is -2.42. The zero-order valence-corrected chi connectivity index (χ0v) is 8.91. The van der Waals surface area contributed by atoms with Gasteiger partial charge in [0.05, 0.1) is 6.04 Å². The number of carbonyl (C=O) groups is 1. The molecule has 1 heterocycles. The minimum absolute atomic E-state index is 0.168. The van der Waals surface area contributed by atoms with Crippen LogP contribution >= 0.6 is 0 Å². The molecule has 3 nitrogen and oxygen atoms in total. The van der Waals surface area contributed by atoms with E-state index < -0.39 is 0 Å². The molecular weight excluding hydrogens is 176 g/mol. The molecule has 0 radical (unpaired) electrons. The Labute approximate surface area is 85.6 Å². The van der Waals surface area contributed by atoms with Crippen molar-refractivity contribution in [2.24, 2.45) is 17.6 Å². The molecule has 1 amide bonds. The van der Waals surface area contributed by atoms with Crippen LogP contribution in [0.5, 0.6) is 0 Å². The summed E-state index contributed by atoms with van der Waals surface area (Å²) in [4.78, 5) is 13.8. The van der Waals surface area contributed by atoms with Gasteiger partial charge in [0, 0.05) is 13.1 Å². The van der Waals surface area contributed by atoms with Crippen LogP contribution in [0.4, 0.5) is 0 Å². The van der Waals surface area contributed by atoms with E-state index in [9.17, 15) is 4.79 Å². The number of carbonyl (C=O) groups excluding carboxylic acids is 1. The highest BCUT2D eigenvalue weighted by Gasteiger charge is 2.38. The minimum Gasteiger partial charge on any atom is -0.341 e. The van der Waals surface area contributed by atoms with Crippen molar-refractivity contribution in [1.82, 2.24) is 4.90 Å². The van der Waals surface area contributed by atoms with Crippen LogP contribution in [-0.4, -0.2) is 29.9 Å². The van der Waals surface area contributed by atoms with Crippen LogP contribution < -0.4 is 5.73 Å². The standard InChI is InChI=1S/C11H20N2O/c1-2-10(12)11(14)13-6-8-4-3-5-9(8)7-13/h8-10H,2-7,12H2,1H3. The molecule has 3 atom stereocenters. The van der Waals surface area contributed by atoms with Gasteiger partial charge in [0.25, 0.3) is 0 Å². The maximum Gasteiger partial charge on any atom is 0.239 e. The Morgan fingerprint density at radius 2 is 2.00 bits per heavy atom. The molecule has 1 aliphatic heterocycles. The highest BCUT2D eigenvalue weighted by molar-refractivity contribution is 5.81. The van der Waals surface area contributed by atoms with Gasteiger partial charge in [-0.1, -0.05) is 13.3 Å². The van der Waals surface area contributed by atoms with E-state index in [0.717, 1.165) is 31.3 Å². The van der Waals surface area contributed by atoms with Gasteiger partial charge in [-0.05, 0) is 31.1 Å².